The largest absolute Gasteiger partial charge is 0.508 e. The maximum atomic E-state index is 10.2. The lowest BCUT2D eigenvalue weighted by atomic mass is 9.73. The molecule has 1 N–H and O–H groups in total. The number of aromatic hydroxyl groups is 1. The van der Waals surface area contributed by atoms with Crippen LogP contribution in [0.25, 0.3) is 0 Å². The summed E-state index contributed by atoms with van der Waals surface area (Å²) < 4.78 is 0. The first-order chi connectivity index (χ1) is 14.6. The number of phenolic OH excluding ortho intramolecular Hbond substituents is 1. The van der Waals surface area contributed by atoms with E-state index in [1.165, 1.54) is 56.3 Å². The summed E-state index contributed by atoms with van der Waals surface area (Å²) in [5.74, 6) is 1.32. The molecule has 0 aromatic heterocycles. The van der Waals surface area contributed by atoms with E-state index in [0.29, 0.717) is 5.75 Å². The number of hydrogen-bond acceptors (Lipinski definition) is 3. The smallest absolute Gasteiger partial charge is 0.115 e. The van der Waals surface area contributed by atoms with E-state index < -0.39 is 0 Å². The van der Waals surface area contributed by atoms with E-state index in [2.05, 4.69) is 60.2 Å². The Balaban J connectivity index is 1.51. The van der Waals surface area contributed by atoms with Gasteiger partial charge in [0.25, 0.3) is 0 Å². The fourth-order valence-corrected chi connectivity index (χ4v) is 5.87. The fourth-order valence-electron chi connectivity index (χ4n) is 5.87. The van der Waals surface area contributed by atoms with Crippen molar-refractivity contribution in [1.29, 1.82) is 0 Å². The van der Waals surface area contributed by atoms with Crippen molar-refractivity contribution in [2.75, 3.05) is 20.1 Å². The number of phenols is 1. The fraction of sp³-hybridized carbons (Fsp3) is 0.556. The zero-order valence-electron chi connectivity index (χ0n) is 18.8. The summed E-state index contributed by atoms with van der Waals surface area (Å²) in [5.41, 5.74) is 2.61. The maximum absolute atomic E-state index is 10.2. The molecular weight excluding hydrogens is 368 g/mol. The van der Waals surface area contributed by atoms with Crippen LogP contribution < -0.4 is 0 Å². The lowest BCUT2D eigenvalue weighted by Crippen LogP contribution is -2.51. The van der Waals surface area contributed by atoms with Gasteiger partial charge < -0.3 is 10.0 Å². The van der Waals surface area contributed by atoms with Crippen molar-refractivity contribution in [2.45, 2.75) is 70.0 Å². The lowest BCUT2D eigenvalue weighted by molar-refractivity contribution is 0.0186. The van der Waals surface area contributed by atoms with Crippen LogP contribution in [0, 0.1) is 5.92 Å². The molecule has 3 nitrogen and oxygen atoms in total. The predicted octanol–water partition coefficient (Wildman–Crippen LogP) is 5.78. The van der Waals surface area contributed by atoms with Gasteiger partial charge in [-0.2, -0.15) is 0 Å². The van der Waals surface area contributed by atoms with Gasteiger partial charge >= 0.3 is 0 Å². The normalized spacial score (nSPS) is 26.2. The molecule has 2 fully saturated rings. The molecule has 2 aromatic carbocycles. The molecule has 4 rings (SSSR count). The van der Waals surface area contributed by atoms with Crippen molar-refractivity contribution in [3.8, 4) is 5.75 Å². The maximum Gasteiger partial charge on any atom is 0.115 e. The van der Waals surface area contributed by atoms with E-state index >= 15 is 0 Å². The molecule has 2 aliphatic rings. The molecule has 162 valence electrons. The van der Waals surface area contributed by atoms with Gasteiger partial charge in [-0.25, -0.2) is 0 Å². The van der Waals surface area contributed by atoms with Gasteiger partial charge in [0.05, 0.1) is 0 Å². The van der Waals surface area contributed by atoms with Gasteiger partial charge in [-0.05, 0) is 87.8 Å². The summed E-state index contributed by atoms with van der Waals surface area (Å²) in [6, 6.07) is 19.5. The van der Waals surface area contributed by atoms with Crippen molar-refractivity contribution < 1.29 is 5.11 Å². The van der Waals surface area contributed by atoms with Gasteiger partial charge in [-0.3, -0.25) is 4.90 Å². The lowest BCUT2D eigenvalue weighted by Gasteiger charge is -2.50. The molecule has 3 heteroatoms. The predicted molar refractivity (Wildman–Crippen MR) is 125 cm³/mol. The number of nitrogens with zero attached hydrogens (tertiary/aromatic N) is 2. The zero-order valence-corrected chi connectivity index (χ0v) is 18.8. The molecule has 1 saturated carbocycles. The van der Waals surface area contributed by atoms with Crippen molar-refractivity contribution >= 4 is 0 Å². The van der Waals surface area contributed by atoms with E-state index in [1.54, 1.807) is 6.07 Å². The van der Waals surface area contributed by atoms with Gasteiger partial charge in [-0.1, -0.05) is 55.8 Å². The molecule has 0 bridgehead atoms. The second-order valence-electron chi connectivity index (χ2n) is 9.54. The second kappa shape index (κ2) is 9.53. The third-order valence-corrected chi connectivity index (χ3v) is 7.90. The standard InChI is InChI=1S/C27H38N2O/c1-3-22-14-18-29(19-15-22)25-12-16-27(17-13-25,24-10-7-11-26(30)20-24)28(2)21-23-8-5-4-6-9-23/h4-11,20,22,25,30H,3,12-19,21H2,1-2H3. The summed E-state index contributed by atoms with van der Waals surface area (Å²) in [6.07, 6.45) is 8.87. The molecule has 0 amide bonds. The molecule has 1 saturated heterocycles. The monoisotopic (exact) mass is 406 g/mol. The Kier molecular flexibility index (Phi) is 6.80. The number of benzene rings is 2. The Bertz CT molecular complexity index is 790. The molecule has 0 spiro atoms. The average Bonchev–Trinajstić information content (AvgIpc) is 2.80. The molecule has 2 aromatic rings. The van der Waals surface area contributed by atoms with Crippen molar-refractivity contribution in [3.63, 3.8) is 0 Å². The Morgan fingerprint density at radius 2 is 1.67 bits per heavy atom. The van der Waals surface area contributed by atoms with Crippen LogP contribution in [0.3, 0.4) is 0 Å². The van der Waals surface area contributed by atoms with Crippen LogP contribution in [0.1, 0.15) is 63.0 Å². The minimum Gasteiger partial charge on any atom is -0.508 e. The first kappa shape index (κ1) is 21.4. The number of likely N-dealkylation sites (tertiary alicyclic amines) is 1. The van der Waals surface area contributed by atoms with Crippen LogP contribution in [0.4, 0.5) is 0 Å². The van der Waals surface area contributed by atoms with Crippen molar-refractivity contribution in [3.05, 3.63) is 65.7 Å². The SMILES string of the molecule is CCC1CCN(C2CCC(c3cccc(O)c3)(N(C)Cc3ccccc3)CC2)CC1. The zero-order chi connectivity index (χ0) is 21.0. The van der Waals surface area contributed by atoms with E-state index in [4.69, 9.17) is 0 Å². The Labute approximate surface area is 182 Å². The quantitative estimate of drug-likeness (QED) is 0.658. The van der Waals surface area contributed by atoms with Crippen LogP contribution in [0.15, 0.2) is 54.6 Å². The molecule has 0 unspecified atom stereocenters. The Morgan fingerprint density at radius 3 is 2.30 bits per heavy atom. The van der Waals surface area contributed by atoms with Crippen LogP contribution in [-0.2, 0) is 12.1 Å². The highest BCUT2D eigenvalue weighted by Crippen LogP contribution is 2.44. The van der Waals surface area contributed by atoms with Crippen LogP contribution in [-0.4, -0.2) is 41.1 Å². The highest BCUT2D eigenvalue weighted by atomic mass is 16.3. The van der Waals surface area contributed by atoms with E-state index in [1.807, 2.05) is 12.1 Å². The molecule has 0 radical (unpaired) electrons. The summed E-state index contributed by atoms with van der Waals surface area (Å²) >= 11 is 0. The van der Waals surface area contributed by atoms with Crippen molar-refractivity contribution in [2.24, 2.45) is 5.92 Å². The highest BCUT2D eigenvalue weighted by molar-refractivity contribution is 5.33. The number of hydrogen-bond donors (Lipinski definition) is 1. The third-order valence-electron chi connectivity index (χ3n) is 7.90. The second-order valence-corrected chi connectivity index (χ2v) is 9.54. The minimum atomic E-state index is -0.00712. The Hall–Kier alpha value is -1.84. The molecule has 30 heavy (non-hydrogen) atoms. The average molecular weight is 407 g/mol. The first-order valence-electron chi connectivity index (χ1n) is 11.9. The number of piperidine rings is 1. The first-order valence-corrected chi connectivity index (χ1v) is 11.9. The van der Waals surface area contributed by atoms with Crippen molar-refractivity contribution in [1.82, 2.24) is 9.80 Å². The molecule has 0 atom stereocenters. The van der Waals surface area contributed by atoms with E-state index in [9.17, 15) is 5.11 Å². The van der Waals surface area contributed by atoms with Gasteiger partial charge in [0.15, 0.2) is 0 Å². The summed E-state index contributed by atoms with van der Waals surface area (Å²) in [4.78, 5) is 5.31. The molecule has 1 heterocycles. The minimum absolute atomic E-state index is 0.00712. The molecule has 1 aliphatic carbocycles. The van der Waals surface area contributed by atoms with Crippen LogP contribution >= 0.6 is 0 Å². The van der Waals surface area contributed by atoms with Crippen LogP contribution in [0.5, 0.6) is 5.75 Å². The van der Waals surface area contributed by atoms with Crippen LogP contribution in [0.2, 0.25) is 0 Å². The number of rotatable bonds is 6. The molecular formula is C27H38N2O. The topological polar surface area (TPSA) is 26.7 Å². The highest BCUT2D eigenvalue weighted by Gasteiger charge is 2.41. The van der Waals surface area contributed by atoms with Gasteiger partial charge in [0.2, 0.25) is 0 Å². The Morgan fingerprint density at radius 1 is 0.967 bits per heavy atom. The van der Waals surface area contributed by atoms with E-state index in [0.717, 1.165) is 31.3 Å². The third kappa shape index (κ3) is 4.58. The summed E-state index contributed by atoms with van der Waals surface area (Å²) in [5, 5.41) is 10.2. The van der Waals surface area contributed by atoms with Gasteiger partial charge in [0, 0.05) is 18.1 Å². The summed E-state index contributed by atoms with van der Waals surface area (Å²) in [6.45, 7) is 5.83. The van der Waals surface area contributed by atoms with Gasteiger partial charge in [-0.15, -0.1) is 0 Å². The summed E-state index contributed by atoms with van der Waals surface area (Å²) in [7, 11) is 2.27. The van der Waals surface area contributed by atoms with Gasteiger partial charge in [0.1, 0.15) is 5.75 Å². The molecule has 1 aliphatic heterocycles. The van der Waals surface area contributed by atoms with E-state index in [-0.39, 0.29) is 5.54 Å².